The van der Waals surface area contributed by atoms with Gasteiger partial charge in [-0.3, -0.25) is 9.48 Å². The zero-order valence-electron chi connectivity index (χ0n) is 13.7. The molecule has 126 valence electrons. The van der Waals surface area contributed by atoms with Gasteiger partial charge in [0.1, 0.15) is 0 Å². The summed E-state index contributed by atoms with van der Waals surface area (Å²) in [6.07, 6.45) is 1.82. The normalized spacial score (nSPS) is 11.1. The van der Waals surface area contributed by atoms with E-state index in [2.05, 4.69) is 25.5 Å². The predicted octanol–water partition coefficient (Wildman–Crippen LogP) is 1.57. The molecule has 0 spiro atoms. The molecule has 0 aliphatic carbocycles. The van der Waals surface area contributed by atoms with Crippen molar-refractivity contribution in [3.8, 4) is 17.2 Å². The third-order valence-corrected chi connectivity index (χ3v) is 4.73. The lowest BCUT2D eigenvalue weighted by molar-refractivity contribution is -0.120. The number of nitrogens with one attached hydrogen (secondary N) is 1. The number of carbonyl (C=O) groups is 1. The molecule has 0 saturated carbocycles. The van der Waals surface area contributed by atoms with E-state index in [0.29, 0.717) is 11.6 Å². The molecule has 0 bridgehead atoms. The lowest BCUT2D eigenvalue weighted by Gasteiger charge is -2.06. The van der Waals surface area contributed by atoms with Crippen molar-refractivity contribution in [1.82, 2.24) is 34.8 Å². The van der Waals surface area contributed by atoms with Gasteiger partial charge in [-0.15, -0.1) is 16.4 Å². The molecule has 0 aliphatic rings. The van der Waals surface area contributed by atoms with Crippen LogP contribution in [0.5, 0.6) is 0 Å². The SMILES string of the molecule is CNC(=O)Cc1nc(-c2cccc3ncsc23)n(-c2ccnn2C)n1. The third kappa shape index (κ3) is 2.68. The van der Waals surface area contributed by atoms with E-state index in [1.807, 2.05) is 36.8 Å². The quantitative estimate of drug-likeness (QED) is 0.601. The highest BCUT2D eigenvalue weighted by Crippen LogP contribution is 2.31. The highest BCUT2D eigenvalue weighted by molar-refractivity contribution is 7.17. The van der Waals surface area contributed by atoms with E-state index in [9.17, 15) is 4.79 Å². The Kier molecular flexibility index (Phi) is 3.77. The van der Waals surface area contributed by atoms with Gasteiger partial charge in [-0.05, 0) is 12.1 Å². The first-order valence-corrected chi connectivity index (χ1v) is 8.53. The number of nitrogens with zero attached hydrogens (tertiary/aromatic N) is 6. The summed E-state index contributed by atoms with van der Waals surface area (Å²) in [6.45, 7) is 0. The maximum absolute atomic E-state index is 11.7. The van der Waals surface area contributed by atoms with Crippen molar-refractivity contribution in [2.75, 3.05) is 7.05 Å². The van der Waals surface area contributed by atoms with Crippen LogP contribution in [-0.4, -0.2) is 42.5 Å². The van der Waals surface area contributed by atoms with Crippen LogP contribution in [0.25, 0.3) is 27.4 Å². The third-order valence-electron chi connectivity index (χ3n) is 3.86. The standard InChI is InChI=1S/C16H15N7OS/c1-17-13(24)8-12-20-16(23(21-12)14-6-7-19-22(14)2)10-4-3-5-11-15(10)25-9-18-11/h3-7,9H,8H2,1-2H3,(H,17,24). The number of carbonyl (C=O) groups excluding carboxylic acids is 1. The van der Waals surface area contributed by atoms with Gasteiger partial charge in [-0.2, -0.15) is 9.78 Å². The second-order valence-corrected chi connectivity index (χ2v) is 6.29. The van der Waals surface area contributed by atoms with Crippen LogP contribution in [0.1, 0.15) is 5.82 Å². The van der Waals surface area contributed by atoms with Gasteiger partial charge in [0.15, 0.2) is 17.5 Å². The summed E-state index contributed by atoms with van der Waals surface area (Å²) in [4.78, 5) is 20.7. The first-order valence-electron chi connectivity index (χ1n) is 7.65. The van der Waals surface area contributed by atoms with Crippen LogP contribution in [0, 0.1) is 0 Å². The molecule has 0 saturated heterocycles. The number of aryl methyl sites for hydroxylation is 1. The Bertz CT molecular complexity index is 1060. The molecule has 0 unspecified atom stereocenters. The molecule has 0 fully saturated rings. The molecule has 1 amide bonds. The Hall–Kier alpha value is -3.07. The summed E-state index contributed by atoms with van der Waals surface area (Å²) in [7, 11) is 3.44. The van der Waals surface area contributed by atoms with Crippen LogP contribution in [0.4, 0.5) is 0 Å². The number of hydrogen-bond donors (Lipinski definition) is 1. The zero-order chi connectivity index (χ0) is 17.4. The molecule has 4 rings (SSSR count). The van der Waals surface area contributed by atoms with Gasteiger partial charge in [-0.1, -0.05) is 6.07 Å². The lowest BCUT2D eigenvalue weighted by Crippen LogP contribution is -2.20. The number of hydrogen-bond acceptors (Lipinski definition) is 6. The highest BCUT2D eigenvalue weighted by Gasteiger charge is 2.19. The predicted molar refractivity (Wildman–Crippen MR) is 94.5 cm³/mol. The fourth-order valence-electron chi connectivity index (χ4n) is 2.63. The number of benzene rings is 1. The van der Waals surface area contributed by atoms with Gasteiger partial charge < -0.3 is 5.32 Å². The van der Waals surface area contributed by atoms with Gasteiger partial charge in [0.05, 0.1) is 28.3 Å². The number of thiazole rings is 1. The molecule has 0 aliphatic heterocycles. The lowest BCUT2D eigenvalue weighted by atomic mass is 10.2. The molecule has 3 heterocycles. The van der Waals surface area contributed by atoms with E-state index in [0.717, 1.165) is 21.6 Å². The second-order valence-electron chi connectivity index (χ2n) is 5.43. The Labute approximate surface area is 147 Å². The van der Waals surface area contributed by atoms with E-state index < -0.39 is 0 Å². The van der Waals surface area contributed by atoms with Crippen LogP contribution >= 0.6 is 11.3 Å². The van der Waals surface area contributed by atoms with Crippen molar-refractivity contribution in [2.45, 2.75) is 6.42 Å². The zero-order valence-corrected chi connectivity index (χ0v) is 14.5. The number of likely N-dealkylation sites (N-methyl/N-ethyl adjacent to an activating group) is 1. The molecule has 9 heteroatoms. The van der Waals surface area contributed by atoms with Crippen molar-refractivity contribution < 1.29 is 4.79 Å². The van der Waals surface area contributed by atoms with Crippen LogP contribution < -0.4 is 5.32 Å². The van der Waals surface area contributed by atoms with Crippen LogP contribution in [0.2, 0.25) is 0 Å². The minimum Gasteiger partial charge on any atom is -0.359 e. The summed E-state index contributed by atoms with van der Waals surface area (Å²) < 4.78 is 4.47. The average Bonchev–Trinajstić information content (AvgIpc) is 3.33. The largest absolute Gasteiger partial charge is 0.359 e. The Balaban J connectivity index is 1.92. The van der Waals surface area contributed by atoms with Gasteiger partial charge >= 0.3 is 0 Å². The van der Waals surface area contributed by atoms with Crippen molar-refractivity contribution in [1.29, 1.82) is 0 Å². The molecular formula is C16H15N7OS. The minimum atomic E-state index is -0.135. The summed E-state index contributed by atoms with van der Waals surface area (Å²) in [5, 5.41) is 11.3. The molecule has 25 heavy (non-hydrogen) atoms. The highest BCUT2D eigenvalue weighted by atomic mass is 32.1. The van der Waals surface area contributed by atoms with E-state index >= 15 is 0 Å². The fourth-order valence-corrected chi connectivity index (χ4v) is 3.43. The molecule has 0 atom stereocenters. The number of fused-ring (bicyclic) bond motifs is 1. The fraction of sp³-hybridized carbons (Fsp3) is 0.188. The Morgan fingerprint density at radius 1 is 1.32 bits per heavy atom. The van der Waals surface area contributed by atoms with Crippen LogP contribution in [0.15, 0.2) is 36.0 Å². The first-order chi connectivity index (χ1) is 12.2. The smallest absolute Gasteiger partial charge is 0.227 e. The average molecular weight is 353 g/mol. The maximum Gasteiger partial charge on any atom is 0.227 e. The molecular weight excluding hydrogens is 338 g/mol. The first kappa shape index (κ1) is 15.5. The van der Waals surface area contributed by atoms with E-state index in [1.165, 1.54) is 0 Å². The summed E-state index contributed by atoms with van der Waals surface area (Å²) in [5.74, 6) is 1.76. The van der Waals surface area contributed by atoms with Gasteiger partial charge in [-0.25, -0.2) is 9.97 Å². The summed E-state index contributed by atoms with van der Waals surface area (Å²) >= 11 is 1.55. The Morgan fingerprint density at radius 3 is 2.96 bits per heavy atom. The summed E-state index contributed by atoms with van der Waals surface area (Å²) in [6, 6.07) is 7.75. The number of aromatic nitrogens is 6. The molecule has 1 N–H and O–H groups in total. The molecule has 3 aromatic heterocycles. The van der Waals surface area contributed by atoms with Crippen LogP contribution in [-0.2, 0) is 18.3 Å². The topological polar surface area (TPSA) is 90.5 Å². The molecule has 4 aromatic rings. The van der Waals surface area contributed by atoms with E-state index in [4.69, 9.17) is 0 Å². The van der Waals surface area contributed by atoms with Crippen LogP contribution in [0.3, 0.4) is 0 Å². The van der Waals surface area contributed by atoms with Gasteiger partial charge in [0.2, 0.25) is 5.91 Å². The minimum absolute atomic E-state index is 0.118. The Morgan fingerprint density at radius 2 is 2.20 bits per heavy atom. The molecule has 8 nitrogen and oxygen atoms in total. The molecule has 1 aromatic carbocycles. The van der Waals surface area contributed by atoms with E-state index in [-0.39, 0.29) is 12.3 Å². The summed E-state index contributed by atoms with van der Waals surface area (Å²) in [5.41, 5.74) is 3.65. The van der Waals surface area contributed by atoms with Crippen molar-refractivity contribution in [3.05, 3.63) is 41.8 Å². The second kappa shape index (κ2) is 6.10. The van der Waals surface area contributed by atoms with E-state index in [1.54, 1.807) is 33.9 Å². The van der Waals surface area contributed by atoms with Crippen molar-refractivity contribution >= 4 is 27.5 Å². The monoisotopic (exact) mass is 353 g/mol. The molecule has 0 radical (unpaired) electrons. The maximum atomic E-state index is 11.7. The number of amides is 1. The van der Waals surface area contributed by atoms with Gasteiger partial charge in [0.25, 0.3) is 0 Å². The van der Waals surface area contributed by atoms with Crippen molar-refractivity contribution in [2.24, 2.45) is 7.05 Å². The van der Waals surface area contributed by atoms with Crippen molar-refractivity contribution in [3.63, 3.8) is 0 Å². The van der Waals surface area contributed by atoms with Gasteiger partial charge in [0, 0.05) is 25.7 Å². The number of rotatable bonds is 4.